The number of aryl methyl sites for hydroxylation is 6. The fourth-order valence-corrected chi connectivity index (χ4v) is 13.9. The first-order valence-corrected chi connectivity index (χ1v) is 31.1. The second-order valence-corrected chi connectivity index (χ2v) is 28.8. The third-order valence-corrected chi connectivity index (χ3v) is 16.8. The maximum absolute atomic E-state index is 9.41. The molecule has 0 atom stereocenters. The summed E-state index contributed by atoms with van der Waals surface area (Å²) in [6, 6.07) is 65.2. The van der Waals surface area contributed by atoms with Gasteiger partial charge in [0.05, 0.1) is 0 Å². The van der Waals surface area contributed by atoms with Gasteiger partial charge < -0.3 is 0 Å². The third-order valence-electron chi connectivity index (χ3n) is 16.8. The predicted molar refractivity (Wildman–Crippen MR) is 365 cm³/mol. The summed E-state index contributed by atoms with van der Waals surface area (Å²) in [4.78, 5) is 0. The molecule has 0 N–H and O–H groups in total. The summed E-state index contributed by atoms with van der Waals surface area (Å²) in [7, 11) is 6.34. The molecule has 3 heteroatoms. The number of hydrogen-bond acceptors (Lipinski definition) is 0. The van der Waals surface area contributed by atoms with Crippen LogP contribution in [0.2, 0.25) is 0 Å². The lowest BCUT2D eigenvalue weighted by atomic mass is 9.63. The minimum absolute atomic E-state index is 0.172. The molecule has 3 aromatic heterocycles. The molecular weight excluding hydrogens is 1030 g/mol. The van der Waals surface area contributed by atoms with Gasteiger partial charge in [-0.1, -0.05) is 238 Å². The monoisotopic (exact) mass is 1130 g/mol. The Bertz CT molecular complexity index is 3730. The van der Waals surface area contributed by atoms with Gasteiger partial charge in [0.15, 0.2) is 18.6 Å². The Morgan fingerprint density at radius 2 is 0.565 bits per heavy atom. The van der Waals surface area contributed by atoms with Gasteiger partial charge >= 0.3 is 0 Å². The van der Waals surface area contributed by atoms with Crippen molar-refractivity contribution >= 4 is 0 Å². The molecule has 85 heavy (non-hydrogen) atoms. The fraction of sp³-hybridized carbons (Fsp3) is 0.378. The highest BCUT2D eigenvalue weighted by Crippen LogP contribution is 2.49. The minimum Gasteiger partial charge on any atom is -0.200 e. The fourth-order valence-electron chi connectivity index (χ4n) is 13.9. The van der Waals surface area contributed by atoms with Crippen LogP contribution in [0, 0.1) is 54.3 Å². The highest BCUT2D eigenvalue weighted by Gasteiger charge is 2.37. The van der Waals surface area contributed by atoms with Crippen LogP contribution in [0.1, 0.15) is 165 Å². The number of rotatable bonds is 11. The molecule has 0 fully saturated rings. The Kier molecular flexibility index (Phi) is 19.8. The topological polar surface area (TPSA) is 11.6 Å². The largest absolute Gasteiger partial charge is 0.212 e. The van der Waals surface area contributed by atoms with E-state index in [1.165, 1.54) is 89.4 Å². The Morgan fingerprint density at radius 3 is 0.812 bits per heavy atom. The van der Waals surface area contributed by atoms with E-state index in [9.17, 15) is 1.37 Å². The molecule has 6 aromatic carbocycles. The second kappa shape index (κ2) is 27.0. The Balaban J connectivity index is 0.000000187. The van der Waals surface area contributed by atoms with Crippen LogP contribution in [0.5, 0.6) is 0 Å². The second-order valence-electron chi connectivity index (χ2n) is 28.8. The average Bonchev–Trinajstić information content (AvgIpc) is 0.911. The zero-order valence-corrected chi connectivity index (χ0v) is 56.1. The number of benzene rings is 6. The molecule has 0 saturated carbocycles. The Hall–Kier alpha value is -7.23. The van der Waals surface area contributed by atoms with Gasteiger partial charge in [-0.3, -0.25) is 0 Å². The molecule has 0 spiro atoms. The van der Waals surface area contributed by atoms with Gasteiger partial charge in [-0.25, -0.2) is 13.7 Å². The highest BCUT2D eigenvalue weighted by atomic mass is 14.9. The number of hydrogen-bond donors (Lipinski definition) is 0. The van der Waals surface area contributed by atoms with Crippen LogP contribution in [-0.2, 0) is 21.1 Å². The lowest BCUT2D eigenvalue weighted by Crippen LogP contribution is -2.31. The van der Waals surface area contributed by atoms with E-state index in [1.807, 2.05) is 0 Å². The van der Waals surface area contributed by atoms with E-state index in [0.29, 0.717) is 5.92 Å². The Labute approximate surface area is 518 Å². The molecule has 0 aliphatic carbocycles. The molecule has 3 nitrogen and oxygen atoms in total. The van der Waals surface area contributed by atoms with E-state index in [0.717, 1.165) is 11.1 Å². The number of nitrogens with zero attached hydrogens (tertiary/aromatic N) is 3. The van der Waals surface area contributed by atoms with E-state index >= 15 is 0 Å². The highest BCUT2D eigenvalue weighted by molar-refractivity contribution is 5.69. The molecular formula is C82H104N3+3. The van der Waals surface area contributed by atoms with Crippen LogP contribution in [-0.4, -0.2) is 0 Å². The van der Waals surface area contributed by atoms with Gasteiger partial charge in [0.2, 0.25) is 17.1 Å². The van der Waals surface area contributed by atoms with Gasteiger partial charge in [-0.2, -0.15) is 0 Å². The molecule has 0 saturated heterocycles. The third kappa shape index (κ3) is 16.2. The van der Waals surface area contributed by atoms with Crippen LogP contribution < -0.4 is 13.7 Å². The summed E-state index contributed by atoms with van der Waals surface area (Å²) in [6.07, 6.45) is 6.62. The van der Waals surface area contributed by atoms with E-state index in [-0.39, 0.29) is 33.5 Å². The van der Waals surface area contributed by atoms with Crippen molar-refractivity contribution < 1.29 is 16.4 Å². The first-order chi connectivity index (χ1) is 40.6. The van der Waals surface area contributed by atoms with Crippen molar-refractivity contribution in [2.24, 2.45) is 54.6 Å². The smallest absolute Gasteiger partial charge is 0.200 e. The molecule has 9 rings (SSSR count). The molecule has 0 amide bonds. The van der Waals surface area contributed by atoms with E-state index < -0.39 is 11.8 Å². The molecule has 0 radical (unpaired) electrons. The quantitative estimate of drug-likeness (QED) is 0.114. The Morgan fingerprint density at radius 1 is 0.306 bits per heavy atom. The lowest BCUT2D eigenvalue weighted by Gasteiger charge is -2.41. The van der Waals surface area contributed by atoms with Gasteiger partial charge in [-0.15, -0.1) is 0 Å². The molecule has 444 valence electrons. The number of aromatic nitrogens is 3. The lowest BCUT2D eigenvalue weighted by molar-refractivity contribution is -0.660. The molecule has 0 aliphatic heterocycles. The summed E-state index contributed by atoms with van der Waals surface area (Å²) < 4.78 is 25.1. The van der Waals surface area contributed by atoms with Crippen molar-refractivity contribution in [3.8, 4) is 67.2 Å². The first-order valence-electron chi connectivity index (χ1n) is 32.1. The van der Waals surface area contributed by atoms with Crippen molar-refractivity contribution in [1.29, 1.82) is 0 Å². The normalized spacial score (nSPS) is 12.8. The van der Waals surface area contributed by atoms with Gasteiger partial charge in [0, 0.05) is 54.3 Å². The van der Waals surface area contributed by atoms with Gasteiger partial charge in [0.25, 0.3) is 0 Å². The summed E-state index contributed by atoms with van der Waals surface area (Å²) in [5, 5.41) is 0. The van der Waals surface area contributed by atoms with Crippen molar-refractivity contribution in [3.63, 3.8) is 0 Å². The van der Waals surface area contributed by atoms with E-state index in [1.54, 1.807) is 0 Å². The maximum atomic E-state index is 9.41. The molecule has 9 aromatic rings. The summed E-state index contributed by atoms with van der Waals surface area (Å²) >= 11 is 0. The van der Waals surface area contributed by atoms with E-state index in [4.69, 9.17) is 1.37 Å². The van der Waals surface area contributed by atoms with E-state index in [2.05, 4.69) is 367 Å². The van der Waals surface area contributed by atoms with Crippen LogP contribution in [0.3, 0.4) is 0 Å². The molecule has 0 aliphatic rings. The molecule has 0 bridgehead atoms. The standard InChI is InChI=1S/2C28H36N.C26H32N/c2*1-20-11-9-10-12-24(20)25-18-17-23(19-29(25)8)21-13-15-22(16-14-21)26(27(2,3)4)28(5,6)7;1-18(2)26(19(3)4)22-13-11-21(12-14-22)23-15-16-25(27(6)17-23)24-10-8-7-9-20(24)5/h2*9-19,26H,1-8H3;7-19,26H,1-6H3/q3*+1/i26D;;26D. The van der Waals surface area contributed by atoms with Crippen LogP contribution in [0.4, 0.5) is 0 Å². The van der Waals surface area contributed by atoms with Crippen LogP contribution in [0.15, 0.2) is 201 Å². The first kappa shape index (κ1) is 62.3. The van der Waals surface area contributed by atoms with Crippen molar-refractivity contribution in [2.75, 3.05) is 0 Å². The average molecular weight is 1130 g/mol. The summed E-state index contributed by atoms with van der Waals surface area (Å²) in [5.74, 6) is -0.201. The maximum Gasteiger partial charge on any atom is 0.212 e. The minimum atomic E-state index is -0.683. The molecule has 3 heterocycles. The SMILES string of the molecule is Cc1ccccc1-c1ccc(-c2ccc(C(C(C)(C)C)C(C)(C)C)cc2)c[n+]1C.[2H]C(c1ccc(-c2ccc(-c3ccccc3C)[n+](C)c2)cc1)(C(C)(C)C)C(C)(C)C.[2H]C(c1ccc(-c2ccc(-c3ccccc3C)[n+](C)c2)cc1)(C(C)C)C(C)C. The van der Waals surface area contributed by atoms with Crippen molar-refractivity contribution in [2.45, 2.75) is 149 Å². The predicted octanol–water partition coefficient (Wildman–Crippen LogP) is 21.2. The molecule has 0 unspecified atom stereocenters. The van der Waals surface area contributed by atoms with Crippen LogP contribution >= 0.6 is 0 Å². The zero-order chi connectivity index (χ0) is 64.2. The van der Waals surface area contributed by atoms with Gasteiger partial charge in [-0.05, 0) is 158 Å². The van der Waals surface area contributed by atoms with Crippen LogP contribution in [0.25, 0.3) is 67.2 Å². The van der Waals surface area contributed by atoms with Gasteiger partial charge in [0.1, 0.15) is 21.1 Å². The van der Waals surface area contributed by atoms with Crippen molar-refractivity contribution in [1.82, 2.24) is 0 Å². The summed E-state index contributed by atoms with van der Waals surface area (Å²) in [6.45, 7) is 42.2. The van der Waals surface area contributed by atoms with Crippen molar-refractivity contribution in [3.05, 3.63) is 234 Å². The summed E-state index contributed by atoms with van der Waals surface area (Å²) in [5.41, 5.74) is 22.3. The number of pyridine rings is 3. The zero-order valence-electron chi connectivity index (χ0n) is 58.1.